The molecule has 3 rings (SSSR count). The van der Waals surface area contributed by atoms with Gasteiger partial charge in [-0.15, -0.1) is 0 Å². The Balaban J connectivity index is 1.96. The van der Waals surface area contributed by atoms with Crippen molar-refractivity contribution in [1.82, 2.24) is 15.0 Å². The van der Waals surface area contributed by atoms with Crippen LogP contribution in [0.15, 0.2) is 4.52 Å². The largest absolute Gasteiger partial charge is 0.340 e. The van der Waals surface area contributed by atoms with E-state index < -0.39 is 0 Å². The maximum Gasteiger partial charge on any atom is 0.223 e. The Morgan fingerprint density at radius 2 is 2.40 bits per heavy atom. The SMILES string of the molecule is Cc1nc(C2(N)CCN3CCCC32)no1. The third-order valence-corrected chi connectivity index (χ3v) is 3.71. The van der Waals surface area contributed by atoms with Gasteiger partial charge in [-0.25, -0.2) is 0 Å². The van der Waals surface area contributed by atoms with Crippen molar-refractivity contribution in [3.05, 3.63) is 11.7 Å². The van der Waals surface area contributed by atoms with E-state index in [4.69, 9.17) is 10.3 Å². The van der Waals surface area contributed by atoms with Crippen LogP contribution in [0.4, 0.5) is 0 Å². The van der Waals surface area contributed by atoms with Gasteiger partial charge in [0.25, 0.3) is 0 Å². The highest BCUT2D eigenvalue weighted by molar-refractivity contribution is 5.15. The molecule has 5 heteroatoms. The predicted molar refractivity (Wildman–Crippen MR) is 54.1 cm³/mol. The Bertz CT molecular complexity index is 377. The standard InChI is InChI=1S/C10H16N4O/c1-7-12-9(13-15-7)10(11)4-6-14-5-2-3-8(10)14/h8H,2-6,11H2,1H3. The average Bonchev–Trinajstić information content (AvgIpc) is 2.85. The fraction of sp³-hybridized carbons (Fsp3) is 0.800. The predicted octanol–water partition coefficient (Wildman–Crippen LogP) is 0.400. The van der Waals surface area contributed by atoms with Crippen molar-refractivity contribution in [3.63, 3.8) is 0 Å². The van der Waals surface area contributed by atoms with Gasteiger partial charge in [-0.05, 0) is 25.8 Å². The molecule has 2 N–H and O–H groups in total. The van der Waals surface area contributed by atoms with E-state index in [0.717, 1.165) is 19.4 Å². The van der Waals surface area contributed by atoms with Crippen molar-refractivity contribution in [2.75, 3.05) is 13.1 Å². The van der Waals surface area contributed by atoms with Gasteiger partial charge in [0.1, 0.15) is 0 Å². The van der Waals surface area contributed by atoms with Gasteiger partial charge in [0.15, 0.2) is 5.82 Å². The second-order valence-electron chi connectivity index (χ2n) is 4.62. The molecule has 0 spiro atoms. The summed E-state index contributed by atoms with van der Waals surface area (Å²) in [6, 6.07) is 0.412. The van der Waals surface area contributed by atoms with Gasteiger partial charge in [0, 0.05) is 19.5 Å². The minimum atomic E-state index is -0.381. The van der Waals surface area contributed by atoms with E-state index in [1.165, 1.54) is 13.0 Å². The van der Waals surface area contributed by atoms with Gasteiger partial charge in [-0.1, -0.05) is 5.16 Å². The molecule has 15 heavy (non-hydrogen) atoms. The zero-order chi connectivity index (χ0) is 10.5. The van der Waals surface area contributed by atoms with Crippen molar-refractivity contribution in [3.8, 4) is 0 Å². The molecule has 2 atom stereocenters. The number of aryl methyl sites for hydroxylation is 1. The second-order valence-corrected chi connectivity index (χ2v) is 4.62. The van der Waals surface area contributed by atoms with Crippen molar-refractivity contribution < 1.29 is 4.52 Å². The molecule has 0 amide bonds. The number of fused-ring (bicyclic) bond motifs is 1. The fourth-order valence-electron chi connectivity index (χ4n) is 2.92. The quantitative estimate of drug-likeness (QED) is 0.723. The highest BCUT2D eigenvalue weighted by Gasteiger charge is 2.50. The van der Waals surface area contributed by atoms with Crippen LogP contribution in [0.2, 0.25) is 0 Å². The molecule has 0 radical (unpaired) electrons. The topological polar surface area (TPSA) is 68.2 Å². The van der Waals surface area contributed by atoms with Gasteiger partial charge >= 0.3 is 0 Å². The molecule has 3 heterocycles. The molecule has 5 nitrogen and oxygen atoms in total. The highest BCUT2D eigenvalue weighted by atomic mass is 16.5. The Morgan fingerprint density at radius 3 is 3.13 bits per heavy atom. The Morgan fingerprint density at radius 1 is 1.53 bits per heavy atom. The van der Waals surface area contributed by atoms with Gasteiger partial charge < -0.3 is 10.3 Å². The molecule has 1 aromatic heterocycles. The molecule has 82 valence electrons. The number of nitrogens with two attached hydrogens (primary N) is 1. The number of nitrogens with zero attached hydrogens (tertiary/aromatic N) is 3. The van der Waals surface area contributed by atoms with Crippen LogP contribution in [0.1, 0.15) is 31.0 Å². The summed E-state index contributed by atoms with van der Waals surface area (Å²) in [5.41, 5.74) is 6.07. The van der Waals surface area contributed by atoms with E-state index in [1.807, 2.05) is 0 Å². The summed E-state index contributed by atoms with van der Waals surface area (Å²) in [7, 11) is 0. The molecule has 2 saturated heterocycles. The van der Waals surface area contributed by atoms with Crippen LogP contribution in [0, 0.1) is 6.92 Å². The number of hydrogen-bond acceptors (Lipinski definition) is 5. The zero-order valence-corrected chi connectivity index (χ0v) is 8.94. The van der Waals surface area contributed by atoms with E-state index in [0.29, 0.717) is 17.8 Å². The molecule has 2 aliphatic heterocycles. The summed E-state index contributed by atoms with van der Waals surface area (Å²) in [6.45, 7) is 4.04. The lowest BCUT2D eigenvalue weighted by Gasteiger charge is -2.27. The summed E-state index contributed by atoms with van der Waals surface area (Å²) >= 11 is 0. The molecular weight excluding hydrogens is 192 g/mol. The Labute approximate surface area is 88.6 Å². The molecule has 0 aliphatic carbocycles. The fourth-order valence-corrected chi connectivity index (χ4v) is 2.92. The van der Waals surface area contributed by atoms with Crippen LogP contribution in [0.5, 0.6) is 0 Å². The summed E-state index contributed by atoms with van der Waals surface area (Å²) < 4.78 is 5.03. The van der Waals surface area contributed by atoms with E-state index in [9.17, 15) is 0 Å². The number of aromatic nitrogens is 2. The van der Waals surface area contributed by atoms with Crippen molar-refractivity contribution in [1.29, 1.82) is 0 Å². The van der Waals surface area contributed by atoms with E-state index >= 15 is 0 Å². The third-order valence-electron chi connectivity index (χ3n) is 3.71. The first-order chi connectivity index (χ1) is 7.20. The maximum absolute atomic E-state index is 6.45. The van der Waals surface area contributed by atoms with Crippen LogP contribution in [0.25, 0.3) is 0 Å². The zero-order valence-electron chi connectivity index (χ0n) is 8.94. The Hall–Kier alpha value is -0.940. The second kappa shape index (κ2) is 3.02. The molecule has 0 saturated carbocycles. The maximum atomic E-state index is 6.45. The van der Waals surface area contributed by atoms with Crippen LogP contribution in [-0.2, 0) is 5.54 Å². The average molecular weight is 208 g/mol. The first-order valence-electron chi connectivity index (χ1n) is 5.54. The first kappa shape index (κ1) is 9.30. The minimum Gasteiger partial charge on any atom is -0.340 e. The van der Waals surface area contributed by atoms with Crippen LogP contribution < -0.4 is 5.73 Å². The molecule has 2 aliphatic rings. The number of rotatable bonds is 1. The van der Waals surface area contributed by atoms with Crippen molar-refractivity contribution in [2.45, 2.75) is 37.8 Å². The van der Waals surface area contributed by atoms with Crippen molar-refractivity contribution >= 4 is 0 Å². The summed E-state index contributed by atoms with van der Waals surface area (Å²) in [6.07, 6.45) is 3.33. The van der Waals surface area contributed by atoms with Crippen LogP contribution in [0.3, 0.4) is 0 Å². The molecule has 0 aromatic carbocycles. The minimum absolute atomic E-state index is 0.381. The Kier molecular flexibility index (Phi) is 1.87. The highest BCUT2D eigenvalue weighted by Crippen LogP contribution is 2.39. The third kappa shape index (κ3) is 1.23. The van der Waals surface area contributed by atoms with Crippen LogP contribution in [-0.4, -0.2) is 34.2 Å². The smallest absolute Gasteiger partial charge is 0.223 e. The molecule has 0 bridgehead atoms. The van der Waals surface area contributed by atoms with E-state index in [-0.39, 0.29) is 5.54 Å². The monoisotopic (exact) mass is 208 g/mol. The number of hydrogen-bond donors (Lipinski definition) is 1. The van der Waals surface area contributed by atoms with Crippen LogP contribution >= 0.6 is 0 Å². The molecule has 1 aromatic rings. The van der Waals surface area contributed by atoms with Gasteiger partial charge in [0.05, 0.1) is 5.54 Å². The summed E-state index contributed by atoms with van der Waals surface area (Å²) in [5.74, 6) is 1.29. The van der Waals surface area contributed by atoms with Gasteiger partial charge in [-0.2, -0.15) is 4.98 Å². The summed E-state index contributed by atoms with van der Waals surface area (Å²) in [4.78, 5) is 6.75. The lowest BCUT2D eigenvalue weighted by Crippen LogP contribution is -2.47. The molecule has 2 fully saturated rings. The normalized spacial score (nSPS) is 36.0. The lowest BCUT2D eigenvalue weighted by atomic mass is 9.89. The van der Waals surface area contributed by atoms with E-state index in [2.05, 4.69) is 15.0 Å². The molecule has 2 unspecified atom stereocenters. The van der Waals surface area contributed by atoms with Gasteiger partial charge in [0.2, 0.25) is 5.89 Å². The van der Waals surface area contributed by atoms with E-state index in [1.54, 1.807) is 6.92 Å². The summed E-state index contributed by atoms with van der Waals surface area (Å²) in [5, 5.41) is 3.99. The first-order valence-corrected chi connectivity index (χ1v) is 5.54. The van der Waals surface area contributed by atoms with Crippen molar-refractivity contribution in [2.24, 2.45) is 5.73 Å². The van der Waals surface area contributed by atoms with Gasteiger partial charge in [-0.3, -0.25) is 4.90 Å². The molecular formula is C10H16N4O. The lowest BCUT2D eigenvalue weighted by molar-refractivity contribution is 0.252.